The van der Waals surface area contributed by atoms with E-state index in [4.69, 9.17) is 4.74 Å². The van der Waals surface area contributed by atoms with E-state index in [9.17, 15) is 19.2 Å². The number of ether oxygens (including phenoxy) is 1. The van der Waals surface area contributed by atoms with E-state index in [0.717, 1.165) is 22.4 Å². The van der Waals surface area contributed by atoms with Gasteiger partial charge in [0.25, 0.3) is 5.91 Å². The molecule has 1 N–H and O–H groups in total. The third kappa shape index (κ3) is 4.50. The maximum Gasteiger partial charge on any atom is 0.326 e. The number of nitrogens with zero attached hydrogens (tertiary/aromatic N) is 1. The second-order valence-corrected chi connectivity index (χ2v) is 7.86. The lowest BCUT2D eigenvalue weighted by Crippen LogP contribution is -2.42. The van der Waals surface area contributed by atoms with Crippen LogP contribution in [0.25, 0.3) is 0 Å². The molecule has 0 aliphatic carbocycles. The SMILES string of the molecule is CCc1ccc(C(=O)[C@@H](C)OC(=O)CN2C(=O)N[C@](C)(c3ccc(C)cc3)C2=O)cc1. The molecular formula is C24H26N2O5. The average molecular weight is 422 g/mol. The maximum atomic E-state index is 12.9. The van der Waals surface area contributed by atoms with Crippen LogP contribution in [0.5, 0.6) is 0 Å². The molecule has 2 atom stereocenters. The van der Waals surface area contributed by atoms with Crippen molar-refractivity contribution >= 4 is 23.7 Å². The minimum Gasteiger partial charge on any atom is -0.453 e. The molecule has 162 valence electrons. The smallest absolute Gasteiger partial charge is 0.326 e. The largest absolute Gasteiger partial charge is 0.453 e. The molecule has 3 rings (SSSR count). The van der Waals surface area contributed by atoms with E-state index in [1.807, 2.05) is 38.1 Å². The molecule has 0 aromatic heterocycles. The Morgan fingerprint density at radius 2 is 1.68 bits per heavy atom. The molecule has 0 bridgehead atoms. The minimum absolute atomic E-state index is 0.349. The van der Waals surface area contributed by atoms with Crippen molar-refractivity contribution in [3.8, 4) is 0 Å². The van der Waals surface area contributed by atoms with Crippen molar-refractivity contribution in [2.24, 2.45) is 0 Å². The van der Waals surface area contributed by atoms with Gasteiger partial charge >= 0.3 is 12.0 Å². The third-order valence-electron chi connectivity index (χ3n) is 5.52. The van der Waals surface area contributed by atoms with Crippen molar-refractivity contribution in [3.63, 3.8) is 0 Å². The van der Waals surface area contributed by atoms with E-state index in [1.165, 1.54) is 6.92 Å². The van der Waals surface area contributed by atoms with E-state index in [1.54, 1.807) is 31.2 Å². The zero-order chi connectivity index (χ0) is 22.8. The van der Waals surface area contributed by atoms with Crippen LogP contribution < -0.4 is 5.32 Å². The lowest BCUT2D eigenvalue weighted by molar-refractivity contribution is -0.149. The quantitative estimate of drug-likeness (QED) is 0.420. The second-order valence-electron chi connectivity index (χ2n) is 7.86. The number of imide groups is 1. The highest BCUT2D eigenvalue weighted by Crippen LogP contribution is 2.29. The molecule has 0 unspecified atom stereocenters. The third-order valence-corrected chi connectivity index (χ3v) is 5.52. The van der Waals surface area contributed by atoms with Crippen LogP contribution in [0.2, 0.25) is 0 Å². The Hall–Kier alpha value is -3.48. The summed E-state index contributed by atoms with van der Waals surface area (Å²) in [6.07, 6.45) is -0.184. The molecule has 1 saturated heterocycles. The topological polar surface area (TPSA) is 92.8 Å². The molecule has 7 nitrogen and oxygen atoms in total. The first-order valence-electron chi connectivity index (χ1n) is 10.2. The summed E-state index contributed by atoms with van der Waals surface area (Å²) in [6.45, 7) is 6.43. The molecule has 1 aliphatic heterocycles. The predicted molar refractivity (Wildman–Crippen MR) is 114 cm³/mol. The van der Waals surface area contributed by atoms with Crippen molar-refractivity contribution in [1.29, 1.82) is 0 Å². The van der Waals surface area contributed by atoms with Crippen LogP contribution in [-0.2, 0) is 26.3 Å². The van der Waals surface area contributed by atoms with Gasteiger partial charge in [-0.25, -0.2) is 4.79 Å². The van der Waals surface area contributed by atoms with E-state index < -0.39 is 36.1 Å². The van der Waals surface area contributed by atoms with Gasteiger partial charge in [-0.1, -0.05) is 61.0 Å². The molecule has 7 heteroatoms. The van der Waals surface area contributed by atoms with Crippen molar-refractivity contribution < 1.29 is 23.9 Å². The molecule has 1 aliphatic rings. The zero-order valence-electron chi connectivity index (χ0n) is 18.1. The second kappa shape index (κ2) is 8.71. The Bertz CT molecular complexity index is 1010. The van der Waals surface area contributed by atoms with Gasteiger partial charge in [0.1, 0.15) is 12.1 Å². The van der Waals surface area contributed by atoms with Gasteiger partial charge in [-0.05, 0) is 38.3 Å². The summed E-state index contributed by atoms with van der Waals surface area (Å²) in [5.41, 5.74) is 1.89. The monoisotopic (exact) mass is 422 g/mol. The molecule has 31 heavy (non-hydrogen) atoms. The predicted octanol–water partition coefficient (Wildman–Crippen LogP) is 3.14. The van der Waals surface area contributed by atoms with E-state index >= 15 is 0 Å². The van der Waals surface area contributed by atoms with Crippen molar-refractivity contribution in [1.82, 2.24) is 10.2 Å². The number of esters is 1. The van der Waals surface area contributed by atoms with Crippen molar-refractivity contribution in [2.45, 2.75) is 45.8 Å². The van der Waals surface area contributed by atoms with Gasteiger partial charge in [0, 0.05) is 5.56 Å². The minimum atomic E-state index is -1.27. The number of hydrogen-bond donors (Lipinski definition) is 1. The highest BCUT2D eigenvalue weighted by atomic mass is 16.5. The normalized spacial score (nSPS) is 19.2. The first kappa shape index (κ1) is 22.2. The van der Waals surface area contributed by atoms with Crippen LogP contribution in [-0.4, -0.2) is 41.2 Å². The number of urea groups is 1. The number of nitrogens with one attached hydrogen (secondary N) is 1. The first-order valence-corrected chi connectivity index (χ1v) is 10.2. The van der Waals surface area contributed by atoms with Gasteiger partial charge in [-0.15, -0.1) is 0 Å². The van der Waals surface area contributed by atoms with Gasteiger partial charge < -0.3 is 10.1 Å². The van der Waals surface area contributed by atoms with Crippen LogP contribution in [0.15, 0.2) is 48.5 Å². The average Bonchev–Trinajstić information content (AvgIpc) is 2.97. The van der Waals surface area contributed by atoms with Crippen molar-refractivity contribution in [2.75, 3.05) is 6.54 Å². The van der Waals surface area contributed by atoms with Gasteiger partial charge in [0.15, 0.2) is 6.10 Å². The van der Waals surface area contributed by atoms with Crippen LogP contribution in [0, 0.1) is 6.92 Å². The highest BCUT2D eigenvalue weighted by molar-refractivity contribution is 6.09. The molecular weight excluding hydrogens is 396 g/mol. The van der Waals surface area contributed by atoms with Crippen LogP contribution in [0.4, 0.5) is 4.79 Å². The number of aryl methyl sites for hydroxylation is 2. The lowest BCUT2D eigenvalue weighted by atomic mass is 9.91. The number of benzene rings is 2. The van der Waals surface area contributed by atoms with E-state index in [-0.39, 0.29) is 5.78 Å². The maximum absolute atomic E-state index is 12.9. The number of amides is 3. The molecule has 1 fully saturated rings. The Morgan fingerprint density at radius 3 is 2.26 bits per heavy atom. The summed E-state index contributed by atoms with van der Waals surface area (Å²) in [5, 5.41) is 2.65. The molecule has 2 aromatic carbocycles. The molecule has 1 heterocycles. The molecule has 0 saturated carbocycles. The Morgan fingerprint density at radius 1 is 1.06 bits per heavy atom. The Balaban J connectivity index is 1.65. The standard InChI is InChI=1S/C24H26N2O5/c1-5-17-8-10-18(11-9-17)21(28)16(3)31-20(27)14-26-22(29)24(4,25-23(26)30)19-12-6-15(2)7-13-19/h6-13,16H,5,14H2,1-4H3,(H,25,30)/t16-,24-/m1/s1. The lowest BCUT2D eigenvalue weighted by Gasteiger charge is -2.22. The van der Waals surface area contributed by atoms with E-state index in [0.29, 0.717) is 11.1 Å². The number of Topliss-reactive ketones (excluding diaryl/α,β-unsaturated/α-hetero) is 1. The Labute approximate surface area is 181 Å². The number of ketones is 1. The fourth-order valence-corrected chi connectivity index (χ4v) is 3.48. The molecule has 0 spiro atoms. The summed E-state index contributed by atoms with van der Waals surface area (Å²) in [5.74, 6) is -1.73. The van der Waals surface area contributed by atoms with Gasteiger partial charge in [0.2, 0.25) is 5.78 Å². The Kier molecular flexibility index (Phi) is 6.24. The molecule has 0 radical (unpaired) electrons. The summed E-state index contributed by atoms with van der Waals surface area (Å²) < 4.78 is 5.21. The fourth-order valence-electron chi connectivity index (χ4n) is 3.48. The number of hydrogen-bond acceptors (Lipinski definition) is 5. The van der Waals surface area contributed by atoms with Crippen molar-refractivity contribution in [3.05, 3.63) is 70.8 Å². The fraction of sp³-hybridized carbons (Fsp3) is 0.333. The number of carbonyl (C=O) groups excluding carboxylic acids is 4. The summed E-state index contributed by atoms with van der Waals surface area (Å²) in [6, 6.07) is 13.6. The summed E-state index contributed by atoms with van der Waals surface area (Å²) in [4.78, 5) is 51.0. The van der Waals surface area contributed by atoms with Crippen LogP contribution in [0.3, 0.4) is 0 Å². The van der Waals surface area contributed by atoms with E-state index in [2.05, 4.69) is 5.32 Å². The van der Waals surface area contributed by atoms with Gasteiger partial charge in [-0.2, -0.15) is 0 Å². The molecule has 3 amide bonds. The summed E-state index contributed by atoms with van der Waals surface area (Å²) >= 11 is 0. The molecule has 2 aromatic rings. The first-order chi connectivity index (χ1) is 14.7. The van der Waals surface area contributed by atoms with Crippen LogP contribution in [0.1, 0.15) is 47.8 Å². The highest BCUT2D eigenvalue weighted by Gasteiger charge is 2.49. The van der Waals surface area contributed by atoms with Crippen LogP contribution >= 0.6 is 0 Å². The number of carbonyl (C=O) groups is 4. The summed E-state index contributed by atoms with van der Waals surface area (Å²) in [7, 11) is 0. The van der Waals surface area contributed by atoms with Gasteiger partial charge in [0.05, 0.1) is 0 Å². The number of rotatable bonds is 7. The van der Waals surface area contributed by atoms with Gasteiger partial charge in [-0.3, -0.25) is 19.3 Å². The zero-order valence-corrected chi connectivity index (χ0v) is 18.1.